The molecule has 2 saturated heterocycles. The summed E-state index contributed by atoms with van der Waals surface area (Å²) < 4.78 is 0. The SMILES string of the molecule is O=C(CCc1n[nH]c(=O)[nH]1)N1[C@@H]2CC[C@H]1CC(CO)C2. The number of piperidine rings is 1. The molecule has 3 N–H and O–H groups in total. The summed E-state index contributed by atoms with van der Waals surface area (Å²) in [5, 5.41) is 15.4. The molecule has 0 aromatic carbocycles. The third-order valence-corrected chi connectivity index (χ3v) is 4.50. The zero-order valence-electron chi connectivity index (χ0n) is 11.3. The number of hydrogen-bond donors (Lipinski definition) is 3. The van der Waals surface area contributed by atoms with Crippen molar-refractivity contribution in [1.82, 2.24) is 20.1 Å². The largest absolute Gasteiger partial charge is 0.396 e. The highest BCUT2D eigenvalue weighted by atomic mass is 16.3. The third kappa shape index (κ3) is 2.49. The smallest absolute Gasteiger partial charge is 0.340 e. The fourth-order valence-electron chi connectivity index (χ4n) is 3.62. The molecule has 1 aromatic rings. The van der Waals surface area contributed by atoms with Gasteiger partial charge in [0.1, 0.15) is 5.82 Å². The maximum atomic E-state index is 12.4. The minimum absolute atomic E-state index is 0.137. The maximum Gasteiger partial charge on any atom is 0.340 e. The number of nitrogens with one attached hydrogen (secondary N) is 2. The van der Waals surface area contributed by atoms with Crippen LogP contribution in [0.15, 0.2) is 4.79 Å². The van der Waals surface area contributed by atoms with Gasteiger partial charge in [0.2, 0.25) is 5.91 Å². The van der Waals surface area contributed by atoms with Crippen LogP contribution in [0.2, 0.25) is 0 Å². The minimum atomic E-state index is -0.337. The summed E-state index contributed by atoms with van der Waals surface area (Å²) >= 11 is 0. The van der Waals surface area contributed by atoms with E-state index in [4.69, 9.17) is 0 Å². The lowest BCUT2D eigenvalue weighted by Gasteiger charge is -2.38. The van der Waals surface area contributed by atoms with Gasteiger partial charge in [0.05, 0.1) is 0 Å². The molecule has 2 aliphatic rings. The summed E-state index contributed by atoms with van der Waals surface area (Å²) in [6.45, 7) is 0.226. The number of fused-ring (bicyclic) bond motifs is 2. The van der Waals surface area contributed by atoms with Crippen LogP contribution in [-0.2, 0) is 11.2 Å². The molecular weight excluding hydrogens is 260 g/mol. The van der Waals surface area contributed by atoms with Gasteiger partial charge in [-0.05, 0) is 31.6 Å². The maximum absolute atomic E-state index is 12.4. The number of carbonyl (C=O) groups excluding carboxylic acids is 1. The number of rotatable bonds is 4. The molecule has 2 bridgehead atoms. The molecule has 0 radical (unpaired) electrons. The number of carbonyl (C=O) groups is 1. The number of hydrogen-bond acceptors (Lipinski definition) is 4. The summed E-state index contributed by atoms with van der Waals surface area (Å²) in [5.74, 6) is 1.01. The first-order valence-electron chi connectivity index (χ1n) is 7.23. The number of aryl methyl sites for hydroxylation is 1. The van der Waals surface area contributed by atoms with Gasteiger partial charge in [-0.2, -0.15) is 5.10 Å². The van der Waals surface area contributed by atoms with Crippen LogP contribution in [0.5, 0.6) is 0 Å². The van der Waals surface area contributed by atoms with Gasteiger partial charge in [0, 0.05) is 31.5 Å². The van der Waals surface area contributed by atoms with E-state index in [1.54, 1.807) is 0 Å². The van der Waals surface area contributed by atoms with Crippen molar-refractivity contribution in [1.29, 1.82) is 0 Å². The van der Waals surface area contributed by atoms with E-state index in [2.05, 4.69) is 15.2 Å². The second-order valence-corrected chi connectivity index (χ2v) is 5.83. The Hall–Kier alpha value is -1.63. The van der Waals surface area contributed by atoms with Crippen LogP contribution in [-0.4, -0.2) is 49.8 Å². The molecule has 2 fully saturated rings. The lowest BCUT2D eigenvalue weighted by Crippen LogP contribution is -2.47. The van der Waals surface area contributed by atoms with E-state index in [1.165, 1.54) is 0 Å². The standard InChI is InChI=1S/C13H20N4O3/c18-7-8-5-9-1-2-10(6-8)17(9)12(19)4-3-11-14-13(20)16-15-11/h8-10,18H,1-7H2,(H2,14,15,16,20)/t8?,9-,10+. The van der Waals surface area contributed by atoms with Gasteiger partial charge in [0.15, 0.2) is 0 Å². The molecule has 0 aliphatic carbocycles. The molecule has 20 heavy (non-hydrogen) atoms. The van der Waals surface area contributed by atoms with Crippen molar-refractivity contribution < 1.29 is 9.90 Å². The van der Waals surface area contributed by atoms with E-state index < -0.39 is 0 Å². The van der Waals surface area contributed by atoms with Gasteiger partial charge < -0.3 is 10.0 Å². The lowest BCUT2D eigenvalue weighted by atomic mass is 9.91. The summed E-state index contributed by atoms with van der Waals surface area (Å²) in [5.41, 5.74) is -0.337. The Labute approximate surface area is 116 Å². The Kier molecular flexibility index (Phi) is 3.60. The molecule has 1 amide bonds. The van der Waals surface area contributed by atoms with Crippen molar-refractivity contribution in [3.63, 3.8) is 0 Å². The highest BCUT2D eigenvalue weighted by molar-refractivity contribution is 5.77. The van der Waals surface area contributed by atoms with E-state index in [9.17, 15) is 14.7 Å². The summed E-state index contributed by atoms with van der Waals surface area (Å²) in [6.07, 6.45) is 4.75. The van der Waals surface area contributed by atoms with Crippen LogP contribution in [0, 0.1) is 5.92 Å². The van der Waals surface area contributed by atoms with Crippen LogP contribution >= 0.6 is 0 Å². The molecule has 3 atom stereocenters. The summed E-state index contributed by atoms with van der Waals surface area (Å²) in [7, 11) is 0. The lowest BCUT2D eigenvalue weighted by molar-refractivity contribution is -0.136. The number of aromatic nitrogens is 3. The fourth-order valence-corrected chi connectivity index (χ4v) is 3.62. The van der Waals surface area contributed by atoms with E-state index >= 15 is 0 Å². The average molecular weight is 280 g/mol. The van der Waals surface area contributed by atoms with E-state index in [0.29, 0.717) is 24.6 Å². The van der Waals surface area contributed by atoms with Gasteiger partial charge in [-0.25, -0.2) is 9.89 Å². The Balaban J connectivity index is 1.59. The van der Waals surface area contributed by atoms with Crippen molar-refractivity contribution in [2.75, 3.05) is 6.61 Å². The molecule has 3 heterocycles. The minimum Gasteiger partial charge on any atom is -0.396 e. The van der Waals surface area contributed by atoms with Gasteiger partial charge in [-0.3, -0.25) is 9.78 Å². The van der Waals surface area contributed by atoms with Gasteiger partial charge in [-0.15, -0.1) is 0 Å². The average Bonchev–Trinajstić information content (AvgIpc) is 2.97. The predicted octanol–water partition coefficient (Wildman–Crippen LogP) is -0.207. The van der Waals surface area contributed by atoms with Crippen molar-refractivity contribution in [3.8, 4) is 0 Å². The normalized spacial score (nSPS) is 28.9. The van der Waals surface area contributed by atoms with Crippen LogP contribution < -0.4 is 5.69 Å². The quantitative estimate of drug-likeness (QED) is 0.710. The predicted molar refractivity (Wildman–Crippen MR) is 71.0 cm³/mol. The molecule has 0 spiro atoms. The highest BCUT2D eigenvalue weighted by Gasteiger charge is 2.42. The highest BCUT2D eigenvalue weighted by Crippen LogP contribution is 2.38. The van der Waals surface area contributed by atoms with E-state index in [0.717, 1.165) is 25.7 Å². The Morgan fingerprint density at radius 2 is 2.05 bits per heavy atom. The molecule has 7 nitrogen and oxygen atoms in total. The van der Waals surface area contributed by atoms with E-state index in [-0.39, 0.29) is 30.3 Å². The van der Waals surface area contributed by atoms with Gasteiger partial charge in [0.25, 0.3) is 0 Å². The van der Waals surface area contributed by atoms with Crippen LogP contribution in [0.4, 0.5) is 0 Å². The Morgan fingerprint density at radius 3 is 2.60 bits per heavy atom. The van der Waals surface area contributed by atoms with Gasteiger partial charge in [-0.1, -0.05) is 0 Å². The molecular formula is C13H20N4O3. The van der Waals surface area contributed by atoms with Gasteiger partial charge >= 0.3 is 5.69 Å². The molecule has 110 valence electrons. The van der Waals surface area contributed by atoms with Crippen LogP contribution in [0.1, 0.15) is 37.9 Å². The number of amides is 1. The third-order valence-electron chi connectivity index (χ3n) is 4.50. The number of aromatic amines is 2. The number of nitrogens with zero attached hydrogens (tertiary/aromatic N) is 2. The zero-order valence-corrected chi connectivity index (χ0v) is 11.3. The first-order chi connectivity index (χ1) is 9.67. The van der Waals surface area contributed by atoms with Crippen molar-refractivity contribution in [3.05, 3.63) is 16.3 Å². The molecule has 1 unspecified atom stereocenters. The van der Waals surface area contributed by atoms with Crippen LogP contribution in [0.3, 0.4) is 0 Å². The first-order valence-corrected chi connectivity index (χ1v) is 7.23. The Morgan fingerprint density at radius 1 is 1.35 bits per heavy atom. The van der Waals surface area contributed by atoms with Crippen molar-refractivity contribution in [2.45, 2.75) is 50.6 Å². The number of aliphatic hydroxyl groups is 1. The van der Waals surface area contributed by atoms with E-state index in [1.807, 2.05) is 4.90 Å². The fraction of sp³-hybridized carbons (Fsp3) is 0.769. The molecule has 1 aromatic heterocycles. The summed E-state index contributed by atoms with van der Waals surface area (Å²) in [6, 6.07) is 0.577. The van der Waals surface area contributed by atoms with Crippen LogP contribution in [0.25, 0.3) is 0 Å². The molecule has 2 aliphatic heterocycles. The van der Waals surface area contributed by atoms with Crippen molar-refractivity contribution >= 4 is 5.91 Å². The molecule has 7 heteroatoms. The second kappa shape index (κ2) is 5.40. The Bertz CT molecular complexity index is 524. The topological polar surface area (TPSA) is 102 Å². The summed E-state index contributed by atoms with van der Waals surface area (Å²) in [4.78, 5) is 27.9. The van der Waals surface area contributed by atoms with Crippen molar-refractivity contribution in [2.24, 2.45) is 5.92 Å². The second-order valence-electron chi connectivity index (χ2n) is 5.83. The molecule has 0 saturated carbocycles. The number of H-pyrrole nitrogens is 2. The molecule has 3 rings (SSSR count). The number of aliphatic hydroxyl groups excluding tert-OH is 1. The monoisotopic (exact) mass is 280 g/mol. The first kappa shape index (κ1) is 13.4. The zero-order chi connectivity index (χ0) is 14.1.